The van der Waals surface area contributed by atoms with Crippen LogP contribution in [0.4, 0.5) is 53.0 Å². The second-order valence-corrected chi connectivity index (χ2v) is 12.0. The van der Waals surface area contributed by atoms with Crippen molar-refractivity contribution in [1.29, 1.82) is 0 Å². The van der Waals surface area contributed by atoms with Crippen molar-refractivity contribution in [2.75, 3.05) is 31.0 Å². The predicted molar refractivity (Wildman–Crippen MR) is 158 cm³/mol. The van der Waals surface area contributed by atoms with Gasteiger partial charge in [-0.3, -0.25) is 13.9 Å². The third-order valence-corrected chi connectivity index (χ3v) is 7.69. The zero-order valence-electron chi connectivity index (χ0n) is 24.4. The Hall–Kier alpha value is -5.52. The fraction of sp³-hybridized carbons (Fsp3) is 0.160. The number of methoxy groups -OCH3 is 2. The first-order chi connectivity index (χ1) is 22.1. The van der Waals surface area contributed by atoms with Crippen LogP contribution in [0.15, 0.2) is 66.6 Å². The van der Waals surface area contributed by atoms with Gasteiger partial charge in [0.05, 0.1) is 58.6 Å². The van der Waals surface area contributed by atoms with E-state index in [0.717, 1.165) is 33.3 Å². The molecule has 3 aromatic rings. The molecule has 0 unspecified atom stereocenters. The minimum Gasteiger partial charge on any atom is -0.465 e. The average Bonchev–Trinajstić information content (AvgIpc) is 2.98. The highest BCUT2D eigenvalue weighted by atomic mass is 32.2. The molecule has 0 aliphatic heterocycles. The van der Waals surface area contributed by atoms with E-state index in [9.17, 15) is 48.9 Å². The van der Waals surface area contributed by atoms with E-state index < -0.39 is 99.3 Å². The zero-order valence-corrected chi connectivity index (χ0v) is 26.1. The van der Waals surface area contributed by atoms with Gasteiger partial charge < -0.3 is 26.3 Å². The van der Waals surface area contributed by atoms with E-state index in [0.29, 0.717) is 18.2 Å². The van der Waals surface area contributed by atoms with Gasteiger partial charge in [0.1, 0.15) is 22.0 Å². The normalized spacial score (nSPS) is 12.3. The van der Waals surface area contributed by atoms with E-state index in [1.165, 1.54) is 0 Å². The van der Waals surface area contributed by atoms with Crippen LogP contribution < -0.4 is 16.8 Å². The van der Waals surface area contributed by atoms with Gasteiger partial charge in [-0.25, -0.2) is 9.59 Å². The predicted octanol–water partition coefficient (Wildman–Crippen LogP) is 4.73. The van der Waals surface area contributed by atoms with Crippen molar-refractivity contribution >= 4 is 77.9 Å². The van der Waals surface area contributed by atoms with Crippen molar-refractivity contribution in [3.63, 3.8) is 0 Å². The average molecular weight is 718 g/mol. The number of amides is 1. The van der Waals surface area contributed by atoms with E-state index in [1.807, 2.05) is 0 Å². The van der Waals surface area contributed by atoms with E-state index in [4.69, 9.17) is 20.8 Å². The molecule has 256 valence electrons. The van der Waals surface area contributed by atoms with Gasteiger partial charge in [0.25, 0.3) is 20.2 Å². The Morgan fingerprint density at radius 3 is 1.85 bits per heavy atom. The van der Waals surface area contributed by atoms with Crippen molar-refractivity contribution in [2.45, 2.75) is 22.9 Å². The topological polar surface area (TPSA) is 292 Å². The van der Waals surface area contributed by atoms with E-state index >= 15 is 0 Å². The Kier molecular flexibility index (Phi) is 10.5. The molecule has 23 heteroatoms. The number of halogens is 3. The lowest BCUT2D eigenvalue weighted by Gasteiger charge is -2.13. The maximum atomic E-state index is 13.7. The van der Waals surface area contributed by atoms with Crippen LogP contribution in [0.3, 0.4) is 0 Å². The molecule has 3 aromatic carbocycles. The van der Waals surface area contributed by atoms with Crippen LogP contribution in [0.2, 0.25) is 0 Å². The monoisotopic (exact) mass is 717 g/mol. The molecule has 0 aromatic heterocycles. The smallest absolute Gasteiger partial charge is 0.418 e. The van der Waals surface area contributed by atoms with Gasteiger partial charge >= 0.3 is 18.1 Å². The molecular formula is C25H22F3N7O11S2. The summed E-state index contributed by atoms with van der Waals surface area (Å²) in [5, 5.41) is 16.7. The minimum absolute atomic E-state index is 0.0589. The molecule has 0 heterocycles. The number of ether oxygens (including phenoxy) is 2. The molecule has 0 bridgehead atoms. The van der Waals surface area contributed by atoms with Gasteiger partial charge in [0.2, 0.25) is 5.91 Å². The first-order valence-corrected chi connectivity index (χ1v) is 15.3. The van der Waals surface area contributed by atoms with Crippen LogP contribution in [0.25, 0.3) is 0 Å². The first kappa shape index (κ1) is 36.9. The highest BCUT2D eigenvalue weighted by Crippen LogP contribution is 2.45. The van der Waals surface area contributed by atoms with E-state index in [1.54, 1.807) is 0 Å². The lowest BCUT2D eigenvalue weighted by atomic mass is 10.1. The van der Waals surface area contributed by atoms with Crippen LogP contribution in [-0.4, -0.2) is 58.0 Å². The molecule has 3 rings (SSSR count). The largest absolute Gasteiger partial charge is 0.465 e. The summed E-state index contributed by atoms with van der Waals surface area (Å²) in [7, 11) is -8.28. The third kappa shape index (κ3) is 8.24. The second-order valence-electron chi connectivity index (χ2n) is 9.18. The van der Waals surface area contributed by atoms with Crippen molar-refractivity contribution in [3.8, 4) is 0 Å². The van der Waals surface area contributed by atoms with Gasteiger partial charge in [0.15, 0.2) is 0 Å². The summed E-state index contributed by atoms with van der Waals surface area (Å²) in [6.07, 6.45) is -5.24. The van der Waals surface area contributed by atoms with Crippen molar-refractivity contribution in [1.82, 2.24) is 0 Å². The maximum Gasteiger partial charge on any atom is 0.418 e. The minimum atomic E-state index is -5.24. The molecule has 1 amide bonds. The van der Waals surface area contributed by atoms with Crippen LogP contribution >= 0.6 is 0 Å². The summed E-state index contributed by atoms with van der Waals surface area (Å²) in [5.74, 6) is -2.69. The number of hydrogen-bond donors (Lipinski definition) is 5. The van der Waals surface area contributed by atoms with Crippen LogP contribution in [-0.2, 0) is 40.7 Å². The number of nitrogens with one attached hydrogen (secondary N) is 1. The Morgan fingerprint density at radius 1 is 0.771 bits per heavy atom. The number of azo groups is 2. The number of nitrogens with zero attached hydrogens (tertiary/aromatic N) is 4. The summed E-state index contributed by atoms with van der Waals surface area (Å²) in [6, 6.07) is 3.68. The van der Waals surface area contributed by atoms with Gasteiger partial charge in [-0.1, -0.05) is 0 Å². The highest BCUT2D eigenvalue weighted by Gasteiger charge is 2.35. The molecule has 7 N–H and O–H groups in total. The number of anilines is 3. The number of nitrogens with two attached hydrogens (primary N) is 2. The number of carbonyl (C=O) groups excluding carboxylic acids is 3. The second kappa shape index (κ2) is 13.7. The van der Waals surface area contributed by atoms with Crippen molar-refractivity contribution in [3.05, 3.63) is 53.1 Å². The van der Waals surface area contributed by atoms with Gasteiger partial charge in [-0.15, -0.1) is 20.5 Å². The molecule has 0 saturated carbocycles. The molecule has 0 fully saturated rings. The first-order valence-electron chi connectivity index (χ1n) is 12.4. The summed E-state index contributed by atoms with van der Waals surface area (Å²) in [6.45, 7) is 1.11. The summed E-state index contributed by atoms with van der Waals surface area (Å²) < 4.78 is 116. The number of benzene rings is 3. The molecule has 18 nitrogen and oxygen atoms in total. The van der Waals surface area contributed by atoms with Crippen LogP contribution in [0, 0.1) is 0 Å². The van der Waals surface area contributed by atoms with Crippen molar-refractivity contribution < 1.29 is 63.0 Å². The number of alkyl halides is 3. The maximum absolute atomic E-state index is 13.7. The Bertz CT molecular complexity index is 2120. The summed E-state index contributed by atoms with van der Waals surface area (Å²) >= 11 is 0. The molecule has 0 aliphatic rings. The van der Waals surface area contributed by atoms with Crippen LogP contribution in [0.5, 0.6) is 0 Å². The summed E-state index contributed by atoms with van der Waals surface area (Å²) in [5.41, 5.74) is 4.63. The fourth-order valence-corrected chi connectivity index (χ4v) is 4.93. The number of rotatable bonds is 9. The molecule has 0 saturated heterocycles. The SMILES string of the molecule is COC(=O)c1cc(NC(C)=O)c(C(=O)OC)cc1/N=N/c1cc(S(=O)(=O)O)c(N)c(/N=N/c2ccc(S(=O)(=O)O)cc2C(F)(F)F)c1N. The van der Waals surface area contributed by atoms with Crippen LogP contribution in [0.1, 0.15) is 33.2 Å². The van der Waals surface area contributed by atoms with E-state index in [-0.39, 0.29) is 17.3 Å². The quantitative estimate of drug-likeness (QED) is 0.0867. The molecule has 0 aliphatic carbocycles. The molecular weight excluding hydrogens is 695 g/mol. The van der Waals surface area contributed by atoms with Gasteiger partial charge in [0, 0.05) is 6.92 Å². The Morgan fingerprint density at radius 2 is 1.33 bits per heavy atom. The standard InChI is InChI=1S/C25H22F3N7O11S2/c1-10(36)31-16-7-13(24(38)46-3)17(8-12(16)23(37)45-2)33-34-18-9-19(48(42,43)44)21(30)22(20(18)29)35-32-15-5-4-11(47(39,40)41)6-14(15)25(26,27)28/h4-9H,29-30H2,1-3H3,(H,31,36)(H,39,40,41)(H,42,43,44)/b34-33+,35-32+. The van der Waals surface area contributed by atoms with E-state index in [2.05, 4.69) is 30.5 Å². The molecule has 0 spiro atoms. The number of esters is 2. The number of nitrogen functional groups attached to an aromatic ring is 2. The van der Waals surface area contributed by atoms with Gasteiger partial charge in [-0.2, -0.15) is 30.0 Å². The van der Waals surface area contributed by atoms with Gasteiger partial charge in [-0.05, 0) is 36.4 Å². The fourth-order valence-electron chi connectivity index (χ4n) is 3.78. The highest BCUT2D eigenvalue weighted by molar-refractivity contribution is 7.86. The summed E-state index contributed by atoms with van der Waals surface area (Å²) in [4.78, 5) is 34.4. The molecule has 48 heavy (non-hydrogen) atoms. The number of carbonyl (C=O) groups is 3. The number of hydrogen-bond acceptors (Lipinski definition) is 15. The lowest BCUT2D eigenvalue weighted by Crippen LogP contribution is -2.14. The lowest BCUT2D eigenvalue weighted by molar-refractivity contribution is -0.137. The molecule has 0 radical (unpaired) electrons. The zero-order chi connectivity index (χ0) is 36.4. The Labute approximate surface area is 268 Å². The third-order valence-electron chi connectivity index (χ3n) is 5.95. The molecule has 0 atom stereocenters. The Balaban J connectivity index is 2.30. The van der Waals surface area contributed by atoms with Crippen molar-refractivity contribution in [2.24, 2.45) is 20.5 Å².